The van der Waals surface area contributed by atoms with Gasteiger partial charge in [0.1, 0.15) is 0 Å². The van der Waals surface area contributed by atoms with E-state index in [9.17, 15) is 0 Å². The molecule has 0 bridgehead atoms. The third-order valence-electron chi connectivity index (χ3n) is 3.66. The van der Waals surface area contributed by atoms with Gasteiger partial charge in [-0.3, -0.25) is 4.68 Å². The first-order chi connectivity index (χ1) is 10.1. The Bertz CT molecular complexity index is 593. The van der Waals surface area contributed by atoms with Crippen molar-refractivity contribution in [3.8, 4) is 0 Å². The minimum Gasteiger partial charge on any atom is -0.268 e. The van der Waals surface area contributed by atoms with Crippen LogP contribution in [0.4, 0.5) is 0 Å². The van der Waals surface area contributed by atoms with Crippen molar-refractivity contribution >= 4 is 43.5 Å². The van der Waals surface area contributed by atoms with Crippen LogP contribution >= 0.6 is 43.5 Å². The number of aromatic nitrogens is 2. The average Bonchev–Trinajstić information content (AvgIpc) is 2.81. The van der Waals surface area contributed by atoms with Crippen molar-refractivity contribution in [3.63, 3.8) is 0 Å². The van der Waals surface area contributed by atoms with E-state index in [-0.39, 0.29) is 0 Å². The minimum absolute atomic E-state index is 0.408. The molecule has 0 aliphatic carbocycles. The van der Waals surface area contributed by atoms with Crippen LogP contribution in [0.5, 0.6) is 0 Å². The van der Waals surface area contributed by atoms with Crippen molar-refractivity contribution in [2.75, 3.05) is 5.33 Å². The second-order valence-corrected chi connectivity index (χ2v) is 6.86. The molecule has 114 valence electrons. The van der Waals surface area contributed by atoms with Gasteiger partial charge in [-0.1, -0.05) is 46.6 Å². The maximum Gasteiger partial charge on any atom is 0.0766 e. The highest BCUT2D eigenvalue weighted by molar-refractivity contribution is 9.10. The van der Waals surface area contributed by atoms with Crippen molar-refractivity contribution in [3.05, 3.63) is 50.7 Å². The highest BCUT2D eigenvalue weighted by atomic mass is 79.9. The quantitative estimate of drug-likeness (QED) is 0.541. The Morgan fingerprint density at radius 2 is 1.90 bits per heavy atom. The summed E-state index contributed by atoms with van der Waals surface area (Å²) in [7, 11) is 0. The predicted molar refractivity (Wildman–Crippen MR) is 96.7 cm³/mol. The molecule has 1 aromatic carbocycles. The Morgan fingerprint density at radius 1 is 1.24 bits per heavy atom. The van der Waals surface area contributed by atoms with Crippen LogP contribution in [0.25, 0.3) is 0 Å². The standard InChI is InChI=1S/C16H19Br2ClN2/c1-3-14-16(18)15(21(4-2)20-14)9-12(10-17)11-5-7-13(19)8-6-11/h5-8,12H,3-4,9-10H2,1-2H3. The molecule has 0 aliphatic rings. The van der Waals surface area contributed by atoms with E-state index in [1.807, 2.05) is 12.1 Å². The zero-order chi connectivity index (χ0) is 15.4. The van der Waals surface area contributed by atoms with E-state index in [0.717, 1.165) is 39.9 Å². The zero-order valence-corrected chi connectivity index (χ0v) is 16.2. The molecule has 0 N–H and O–H groups in total. The number of rotatable bonds is 6. The fourth-order valence-corrected chi connectivity index (χ4v) is 3.90. The maximum absolute atomic E-state index is 5.98. The highest BCUT2D eigenvalue weighted by Gasteiger charge is 2.19. The molecule has 1 aromatic heterocycles. The minimum atomic E-state index is 0.408. The smallest absolute Gasteiger partial charge is 0.0766 e. The van der Waals surface area contributed by atoms with Crippen LogP contribution in [0.1, 0.15) is 36.7 Å². The van der Waals surface area contributed by atoms with Gasteiger partial charge in [-0.25, -0.2) is 0 Å². The van der Waals surface area contributed by atoms with Gasteiger partial charge >= 0.3 is 0 Å². The summed E-state index contributed by atoms with van der Waals surface area (Å²) in [4.78, 5) is 0. The van der Waals surface area contributed by atoms with Gasteiger partial charge in [0.2, 0.25) is 0 Å². The largest absolute Gasteiger partial charge is 0.268 e. The summed E-state index contributed by atoms with van der Waals surface area (Å²) in [5.41, 5.74) is 3.70. The van der Waals surface area contributed by atoms with Gasteiger partial charge in [-0.2, -0.15) is 5.10 Å². The van der Waals surface area contributed by atoms with Gasteiger partial charge in [-0.15, -0.1) is 0 Å². The van der Waals surface area contributed by atoms with Gasteiger partial charge in [-0.05, 0) is 59.3 Å². The summed E-state index contributed by atoms with van der Waals surface area (Å²) < 4.78 is 3.26. The third-order valence-corrected chi connectivity index (χ3v) is 5.61. The summed E-state index contributed by atoms with van der Waals surface area (Å²) in [6.07, 6.45) is 1.90. The normalized spacial score (nSPS) is 12.6. The van der Waals surface area contributed by atoms with Crippen LogP contribution in [0, 0.1) is 0 Å². The van der Waals surface area contributed by atoms with Crippen molar-refractivity contribution < 1.29 is 0 Å². The molecule has 2 nitrogen and oxygen atoms in total. The molecular weight excluding hydrogens is 415 g/mol. The van der Waals surface area contributed by atoms with Gasteiger partial charge < -0.3 is 0 Å². The molecule has 1 heterocycles. The Labute approximate surface area is 148 Å². The molecule has 0 aliphatic heterocycles. The molecule has 2 aromatic rings. The summed E-state index contributed by atoms with van der Waals surface area (Å²) >= 11 is 13.4. The van der Waals surface area contributed by atoms with Crippen LogP contribution in [0.3, 0.4) is 0 Å². The monoisotopic (exact) mass is 432 g/mol. The number of aryl methyl sites for hydroxylation is 2. The molecular formula is C16H19Br2ClN2. The second kappa shape index (κ2) is 7.80. The lowest BCUT2D eigenvalue weighted by molar-refractivity contribution is 0.594. The zero-order valence-electron chi connectivity index (χ0n) is 12.2. The second-order valence-electron chi connectivity index (χ2n) is 4.98. The maximum atomic E-state index is 5.98. The summed E-state index contributed by atoms with van der Waals surface area (Å²) in [6.45, 7) is 5.16. The lowest BCUT2D eigenvalue weighted by Gasteiger charge is -2.16. The van der Waals surface area contributed by atoms with Crippen LogP contribution in [-0.4, -0.2) is 15.1 Å². The molecule has 5 heteroatoms. The topological polar surface area (TPSA) is 17.8 Å². The first kappa shape index (κ1) is 17.0. The molecule has 0 fully saturated rings. The van der Waals surface area contributed by atoms with E-state index >= 15 is 0 Å². The Morgan fingerprint density at radius 3 is 2.43 bits per heavy atom. The number of hydrogen-bond acceptors (Lipinski definition) is 1. The predicted octanol–water partition coefficient (Wildman–Crippen LogP) is 5.60. The first-order valence-electron chi connectivity index (χ1n) is 7.16. The summed E-state index contributed by atoms with van der Waals surface area (Å²) in [6, 6.07) is 8.12. The van der Waals surface area contributed by atoms with Gasteiger partial charge in [0, 0.05) is 16.9 Å². The Kier molecular flexibility index (Phi) is 6.33. The van der Waals surface area contributed by atoms with E-state index in [2.05, 4.69) is 67.6 Å². The van der Waals surface area contributed by atoms with Crippen LogP contribution < -0.4 is 0 Å². The molecule has 0 saturated heterocycles. The number of nitrogens with zero attached hydrogens (tertiary/aromatic N) is 2. The fourth-order valence-electron chi connectivity index (χ4n) is 2.44. The molecule has 0 spiro atoms. The van der Waals surface area contributed by atoms with Crippen LogP contribution in [0.2, 0.25) is 5.02 Å². The fraction of sp³-hybridized carbons (Fsp3) is 0.438. The number of alkyl halides is 1. The highest BCUT2D eigenvalue weighted by Crippen LogP contribution is 2.30. The van der Waals surface area contributed by atoms with E-state index in [1.54, 1.807) is 0 Å². The molecule has 0 radical (unpaired) electrons. The van der Waals surface area contributed by atoms with Crippen LogP contribution in [0.15, 0.2) is 28.7 Å². The summed E-state index contributed by atoms with van der Waals surface area (Å²) in [5.74, 6) is 0.408. The van der Waals surface area contributed by atoms with Crippen LogP contribution in [-0.2, 0) is 19.4 Å². The molecule has 2 rings (SSSR count). The van der Waals surface area contributed by atoms with E-state index in [4.69, 9.17) is 11.6 Å². The summed E-state index contributed by atoms with van der Waals surface area (Å²) in [5, 5.41) is 6.37. The molecule has 0 amide bonds. The van der Waals surface area contributed by atoms with Crippen molar-refractivity contribution in [2.45, 2.75) is 39.2 Å². The van der Waals surface area contributed by atoms with Gasteiger partial charge in [0.15, 0.2) is 0 Å². The number of hydrogen-bond donors (Lipinski definition) is 0. The molecule has 1 atom stereocenters. The van der Waals surface area contributed by atoms with E-state index in [0.29, 0.717) is 5.92 Å². The van der Waals surface area contributed by atoms with E-state index < -0.39 is 0 Å². The third kappa shape index (κ3) is 3.91. The van der Waals surface area contributed by atoms with Crippen molar-refractivity contribution in [1.29, 1.82) is 0 Å². The van der Waals surface area contributed by atoms with Crippen molar-refractivity contribution in [2.24, 2.45) is 0 Å². The van der Waals surface area contributed by atoms with Gasteiger partial charge in [0.25, 0.3) is 0 Å². The molecule has 1 unspecified atom stereocenters. The van der Waals surface area contributed by atoms with E-state index in [1.165, 1.54) is 11.3 Å². The Balaban J connectivity index is 2.30. The average molecular weight is 435 g/mol. The lowest BCUT2D eigenvalue weighted by atomic mass is 9.96. The van der Waals surface area contributed by atoms with Crippen molar-refractivity contribution in [1.82, 2.24) is 9.78 Å². The number of benzene rings is 1. The lowest BCUT2D eigenvalue weighted by Crippen LogP contribution is -2.10. The number of halogens is 3. The molecule has 21 heavy (non-hydrogen) atoms. The van der Waals surface area contributed by atoms with Gasteiger partial charge in [0.05, 0.1) is 15.9 Å². The molecule has 0 saturated carbocycles. The first-order valence-corrected chi connectivity index (χ1v) is 9.45. The SMILES string of the molecule is CCc1nn(CC)c(CC(CBr)c2ccc(Cl)cc2)c1Br. The Hall–Kier alpha value is -0.320.